The van der Waals surface area contributed by atoms with Crippen LogP contribution >= 0.6 is 0 Å². The van der Waals surface area contributed by atoms with E-state index >= 15 is 0 Å². The van der Waals surface area contributed by atoms with Gasteiger partial charge in [0.05, 0.1) is 13.2 Å². The Balaban J connectivity index is 3.50. The smallest absolute Gasteiger partial charge is 0.422 e. The lowest BCUT2D eigenvalue weighted by Gasteiger charge is -2.21. The maximum Gasteiger partial charge on any atom is 0.422 e. The number of rotatable bonds is 8. The number of hydrogen-bond acceptors (Lipinski definition) is 9. The number of esters is 4. The highest BCUT2D eigenvalue weighted by Gasteiger charge is 2.27. The van der Waals surface area contributed by atoms with Crippen molar-refractivity contribution in [2.45, 2.75) is 54.4 Å². The lowest BCUT2D eigenvalue weighted by atomic mass is 9.93. The summed E-state index contributed by atoms with van der Waals surface area (Å²) in [6.45, 7) is 9.79. The zero-order valence-corrected chi connectivity index (χ0v) is 19.2. The molecule has 0 aliphatic carbocycles. The van der Waals surface area contributed by atoms with Gasteiger partial charge in [-0.1, -0.05) is 5.57 Å². The summed E-state index contributed by atoms with van der Waals surface area (Å²) in [4.78, 5) is 58.5. The molecule has 0 amide bonds. The molecule has 0 aromatic heterocycles. The summed E-state index contributed by atoms with van der Waals surface area (Å²) in [7, 11) is 0. The van der Waals surface area contributed by atoms with Crippen LogP contribution in [0, 0.1) is 20.8 Å². The van der Waals surface area contributed by atoms with Crippen LogP contribution in [0.15, 0.2) is 11.6 Å². The summed E-state index contributed by atoms with van der Waals surface area (Å²) in [5, 5.41) is 0. The Morgan fingerprint density at radius 3 is 1.69 bits per heavy atom. The van der Waals surface area contributed by atoms with Gasteiger partial charge in [0.25, 0.3) is 0 Å². The van der Waals surface area contributed by atoms with Gasteiger partial charge in [0.15, 0.2) is 0 Å². The van der Waals surface area contributed by atoms with Crippen LogP contribution in [-0.4, -0.2) is 43.4 Å². The molecule has 0 unspecified atom stereocenters. The van der Waals surface area contributed by atoms with Gasteiger partial charge in [0.2, 0.25) is 0 Å². The summed E-state index contributed by atoms with van der Waals surface area (Å²) in [5.41, 5.74) is 2.57. The van der Waals surface area contributed by atoms with Gasteiger partial charge in [0, 0.05) is 5.56 Å². The first-order valence-electron chi connectivity index (χ1n) is 10.1. The van der Waals surface area contributed by atoms with Gasteiger partial charge in [-0.3, -0.25) is 4.79 Å². The third-order valence-corrected chi connectivity index (χ3v) is 4.71. The first kappa shape index (κ1) is 26.5. The Bertz CT molecular complexity index is 942. The van der Waals surface area contributed by atoms with Crippen molar-refractivity contribution in [2.24, 2.45) is 0 Å². The normalized spacial score (nSPS) is 10.9. The van der Waals surface area contributed by atoms with E-state index in [2.05, 4.69) is 9.47 Å². The average molecular weight is 448 g/mol. The SMILES string of the molecule is CCOC(=O)C(=O)Oc1c(C)c(C)c(OC(=O)C(=O)OCC)c(CC/C(C)=C/C=O)c1C. The molecule has 1 aromatic carbocycles. The number of ether oxygens (including phenoxy) is 4. The Hall–Kier alpha value is -3.49. The van der Waals surface area contributed by atoms with E-state index < -0.39 is 23.9 Å². The summed E-state index contributed by atoms with van der Waals surface area (Å²) in [5.74, 6) is -4.38. The first-order valence-corrected chi connectivity index (χ1v) is 10.1. The first-order chi connectivity index (χ1) is 15.1. The van der Waals surface area contributed by atoms with Crippen LogP contribution < -0.4 is 9.47 Å². The molecule has 1 aromatic rings. The minimum Gasteiger partial charge on any atom is -0.458 e. The van der Waals surface area contributed by atoms with Crippen LogP contribution in [-0.2, 0) is 39.9 Å². The van der Waals surface area contributed by atoms with E-state index in [1.54, 1.807) is 41.5 Å². The molecule has 9 nitrogen and oxygen atoms in total. The lowest BCUT2D eigenvalue weighted by Crippen LogP contribution is -2.25. The second kappa shape index (κ2) is 12.4. The van der Waals surface area contributed by atoms with E-state index in [0.717, 1.165) is 5.57 Å². The quantitative estimate of drug-likeness (QED) is 0.194. The van der Waals surface area contributed by atoms with Crippen LogP contribution in [0.2, 0.25) is 0 Å². The van der Waals surface area contributed by atoms with Crippen molar-refractivity contribution in [3.63, 3.8) is 0 Å². The number of hydrogen-bond donors (Lipinski definition) is 0. The molecule has 32 heavy (non-hydrogen) atoms. The van der Waals surface area contributed by atoms with Crippen LogP contribution in [0.1, 0.15) is 49.4 Å². The molecule has 174 valence electrons. The van der Waals surface area contributed by atoms with E-state index in [-0.39, 0.29) is 24.7 Å². The fraction of sp³-hybridized carbons (Fsp3) is 0.435. The lowest BCUT2D eigenvalue weighted by molar-refractivity contribution is -0.162. The van der Waals surface area contributed by atoms with E-state index in [4.69, 9.17) is 9.47 Å². The fourth-order valence-electron chi connectivity index (χ4n) is 2.92. The third-order valence-electron chi connectivity index (χ3n) is 4.71. The van der Waals surface area contributed by atoms with Gasteiger partial charge in [-0.2, -0.15) is 0 Å². The third kappa shape index (κ3) is 6.76. The van der Waals surface area contributed by atoms with Crippen molar-refractivity contribution >= 4 is 30.2 Å². The molecule has 0 aliphatic rings. The second-order valence-corrected chi connectivity index (χ2v) is 6.88. The van der Waals surface area contributed by atoms with E-state index in [1.807, 2.05) is 0 Å². The monoisotopic (exact) mass is 448 g/mol. The molecule has 0 saturated carbocycles. The summed E-state index contributed by atoms with van der Waals surface area (Å²) in [6.07, 6.45) is 2.80. The van der Waals surface area contributed by atoms with Crippen molar-refractivity contribution < 1.29 is 42.9 Å². The van der Waals surface area contributed by atoms with Crippen molar-refractivity contribution in [3.05, 3.63) is 33.9 Å². The zero-order valence-electron chi connectivity index (χ0n) is 19.2. The number of aldehydes is 1. The molecule has 0 radical (unpaired) electrons. The Labute approximate surface area is 186 Å². The number of carbonyl (C=O) groups is 5. The highest BCUT2D eigenvalue weighted by atomic mass is 16.6. The van der Waals surface area contributed by atoms with Crippen LogP contribution in [0.4, 0.5) is 0 Å². The van der Waals surface area contributed by atoms with Gasteiger partial charge in [0.1, 0.15) is 17.8 Å². The highest BCUT2D eigenvalue weighted by Crippen LogP contribution is 2.39. The van der Waals surface area contributed by atoms with Crippen molar-refractivity contribution in [3.8, 4) is 11.5 Å². The molecule has 0 N–H and O–H groups in total. The molecule has 0 atom stereocenters. The predicted octanol–water partition coefficient (Wildman–Crippen LogP) is 2.63. The molecule has 0 fully saturated rings. The van der Waals surface area contributed by atoms with Gasteiger partial charge >= 0.3 is 23.9 Å². The number of carbonyl (C=O) groups excluding carboxylic acids is 5. The zero-order chi connectivity index (χ0) is 24.4. The largest absolute Gasteiger partial charge is 0.458 e. The molecule has 0 saturated heterocycles. The molecular weight excluding hydrogens is 420 g/mol. The van der Waals surface area contributed by atoms with Gasteiger partial charge < -0.3 is 18.9 Å². The molecule has 0 heterocycles. The second-order valence-electron chi connectivity index (χ2n) is 6.88. The summed E-state index contributed by atoms with van der Waals surface area (Å²) in [6, 6.07) is 0. The minimum atomic E-state index is -1.19. The van der Waals surface area contributed by atoms with E-state index in [9.17, 15) is 24.0 Å². The van der Waals surface area contributed by atoms with Crippen LogP contribution in [0.5, 0.6) is 11.5 Å². The van der Waals surface area contributed by atoms with Gasteiger partial charge in [-0.05, 0) is 77.2 Å². The Morgan fingerprint density at radius 2 is 1.22 bits per heavy atom. The maximum atomic E-state index is 12.2. The molecule has 9 heteroatoms. The van der Waals surface area contributed by atoms with E-state index in [1.165, 1.54) is 6.08 Å². The minimum absolute atomic E-state index is 0.0102. The van der Waals surface area contributed by atoms with Gasteiger partial charge in [-0.15, -0.1) is 0 Å². The van der Waals surface area contributed by atoms with Crippen molar-refractivity contribution in [1.82, 2.24) is 0 Å². The summed E-state index contributed by atoms with van der Waals surface area (Å²) < 4.78 is 20.0. The topological polar surface area (TPSA) is 122 Å². The fourth-order valence-corrected chi connectivity index (χ4v) is 2.92. The summed E-state index contributed by atoms with van der Waals surface area (Å²) >= 11 is 0. The predicted molar refractivity (Wildman–Crippen MR) is 113 cm³/mol. The van der Waals surface area contributed by atoms with Crippen molar-refractivity contribution in [2.75, 3.05) is 13.2 Å². The number of benzene rings is 1. The van der Waals surface area contributed by atoms with Crippen LogP contribution in [0.25, 0.3) is 0 Å². The standard InChI is InChI=1S/C23H28O9/c1-7-29-20(25)22(27)31-18-14(4)15(5)19(32-23(28)21(26)30-8-2)17(16(18)6)10-9-13(3)11-12-24/h11-12H,7-10H2,1-6H3/b13-11+. The highest BCUT2D eigenvalue weighted by molar-refractivity contribution is 6.31. The molecule has 1 rings (SSSR count). The molecular formula is C23H28O9. The van der Waals surface area contributed by atoms with E-state index in [0.29, 0.717) is 41.4 Å². The van der Waals surface area contributed by atoms with Crippen LogP contribution in [0.3, 0.4) is 0 Å². The molecule has 0 aliphatic heterocycles. The van der Waals surface area contributed by atoms with Crippen molar-refractivity contribution in [1.29, 1.82) is 0 Å². The van der Waals surface area contributed by atoms with Gasteiger partial charge in [-0.25, -0.2) is 19.2 Å². The average Bonchev–Trinajstić information content (AvgIpc) is 2.74. The molecule has 0 spiro atoms. The Kier molecular flexibility index (Phi) is 10.3. The number of allylic oxidation sites excluding steroid dienone is 2. The Morgan fingerprint density at radius 1 is 0.750 bits per heavy atom. The molecule has 0 bridgehead atoms. The maximum absolute atomic E-state index is 12.2.